The number of carbonyl (C=O) groups is 1. The van der Waals surface area contributed by atoms with Gasteiger partial charge in [0.05, 0.1) is 17.7 Å². The zero-order chi connectivity index (χ0) is 19.4. The van der Waals surface area contributed by atoms with Crippen LogP contribution in [0.1, 0.15) is 38.3 Å². The molecule has 8 heteroatoms. The van der Waals surface area contributed by atoms with Crippen molar-refractivity contribution < 1.29 is 14.3 Å². The van der Waals surface area contributed by atoms with Crippen molar-refractivity contribution in [1.82, 2.24) is 4.57 Å². The van der Waals surface area contributed by atoms with E-state index in [1.807, 2.05) is 0 Å². The van der Waals surface area contributed by atoms with Gasteiger partial charge in [-0.3, -0.25) is 9.59 Å². The fraction of sp³-hybridized carbons (Fsp3) is 0.500. The highest BCUT2D eigenvalue weighted by Crippen LogP contribution is 2.34. The first-order chi connectivity index (χ1) is 13.0. The summed E-state index contributed by atoms with van der Waals surface area (Å²) in [6, 6.07) is 5.11. The molecule has 0 spiro atoms. The number of rotatable bonds is 10. The number of hydrogen-bond donors (Lipinski definition) is 2. The molecule has 4 N–H and O–H groups in total. The average Bonchev–Trinajstić information content (AvgIpc) is 3.47. The van der Waals surface area contributed by atoms with Gasteiger partial charge in [0.1, 0.15) is 11.5 Å². The largest absolute Gasteiger partial charge is 0.491 e. The van der Waals surface area contributed by atoms with Crippen molar-refractivity contribution in [3.63, 3.8) is 0 Å². The van der Waals surface area contributed by atoms with Crippen LogP contribution in [-0.4, -0.2) is 23.7 Å². The van der Waals surface area contributed by atoms with Gasteiger partial charge in [0, 0.05) is 18.5 Å². The summed E-state index contributed by atoms with van der Waals surface area (Å²) in [5, 5.41) is 1.22. The van der Waals surface area contributed by atoms with Crippen LogP contribution in [0, 0.1) is 5.92 Å². The first-order valence-corrected chi connectivity index (χ1v) is 9.48. The quantitative estimate of drug-likeness (QED) is 0.585. The van der Waals surface area contributed by atoms with Crippen molar-refractivity contribution in [1.29, 1.82) is 0 Å². The van der Waals surface area contributed by atoms with E-state index in [1.165, 1.54) is 0 Å². The molecular formula is C20H28ClN3O4. The van der Waals surface area contributed by atoms with Gasteiger partial charge in [-0.05, 0) is 43.4 Å². The summed E-state index contributed by atoms with van der Waals surface area (Å²) in [5.41, 5.74) is 11.8. The lowest BCUT2D eigenvalue weighted by Gasteiger charge is -2.19. The van der Waals surface area contributed by atoms with Crippen LogP contribution < -0.4 is 26.5 Å². The number of benzene rings is 1. The monoisotopic (exact) mass is 409 g/mol. The second kappa shape index (κ2) is 9.80. The molecule has 0 aliphatic heterocycles. The van der Waals surface area contributed by atoms with Gasteiger partial charge in [-0.1, -0.05) is 13.3 Å². The van der Waals surface area contributed by atoms with Crippen LogP contribution in [0.3, 0.4) is 0 Å². The van der Waals surface area contributed by atoms with E-state index in [0.29, 0.717) is 47.0 Å². The van der Waals surface area contributed by atoms with E-state index in [1.54, 1.807) is 22.8 Å². The van der Waals surface area contributed by atoms with Gasteiger partial charge >= 0.3 is 0 Å². The minimum absolute atomic E-state index is 0. The highest BCUT2D eigenvalue weighted by atomic mass is 35.5. The highest BCUT2D eigenvalue weighted by molar-refractivity contribution is 5.90. The second-order valence-corrected chi connectivity index (χ2v) is 7.00. The van der Waals surface area contributed by atoms with Crippen LogP contribution in [0.5, 0.6) is 11.5 Å². The van der Waals surface area contributed by atoms with Crippen LogP contribution in [0.4, 0.5) is 0 Å². The number of nitrogens with zero attached hydrogens (tertiary/aromatic N) is 1. The van der Waals surface area contributed by atoms with E-state index in [-0.39, 0.29) is 31.1 Å². The van der Waals surface area contributed by atoms with E-state index >= 15 is 0 Å². The van der Waals surface area contributed by atoms with E-state index in [9.17, 15) is 9.59 Å². The standard InChI is InChI=1S/C20H27N3O4.ClH/c1-2-3-8-26-19-16-9-14(27-12-18(22)24)6-7-15(16)20(25)23(17(19)10-21)11-13-4-5-13;/h6-7,9,13H,2-5,8,10-12,21H2,1H3,(H2,22,24);1H. The molecule has 0 bridgehead atoms. The van der Waals surface area contributed by atoms with Crippen molar-refractivity contribution in [2.75, 3.05) is 13.2 Å². The van der Waals surface area contributed by atoms with Gasteiger partial charge < -0.3 is 25.5 Å². The Kier molecular flexibility index (Phi) is 7.71. The molecule has 7 nitrogen and oxygen atoms in total. The topological polar surface area (TPSA) is 110 Å². The van der Waals surface area contributed by atoms with E-state index in [2.05, 4.69) is 6.92 Å². The van der Waals surface area contributed by atoms with Crippen molar-refractivity contribution >= 4 is 29.1 Å². The van der Waals surface area contributed by atoms with Crippen LogP contribution in [0.2, 0.25) is 0 Å². The van der Waals surface area contributed by atoms with E-state index in [4.69, 9.17) is 20.9 Å². The molecule has 0 atom stereocenters. The maximum absolute atomic E-state index is 13.1. The van der Waals surface area contributed by atoms with Gasteiger partial charge in [-0.25, -0.2) is 0 Å². The molecule has 1 aromatic carbocycles. The summed E-state index contributed by atoms with van der Waals surface area (Å²) >= 11 is 0. The molecular weight excluding hydrogens is 382 g/mol. The number of hydrogen-bond acceptors (Lipinski definition) is 5. The number of carbonyl (C=O) groups excluding carboxylic acids is 1. The molecule has 28 heavy (non-hydrogen) atoms. The van der Waals surface area contributed by atoms with Gasteiger partial charge in [0.25, 0.3) is 11.5 Å². The second-order valence-electron chi connectivity index (χ2n) is 7.00. The minimum atomic E-state index is -0.558. The molecule has 1 aliphatic carbocycles. The number of pyridine rings is 1. The van der Waals surface area contributed by atoms with E-state index < -0.39 is 5.91 Å². The molecule has 0 radical (unpaired) electrons. The molecule has 1 aromatic heterocycles. The van der Waals surface area contributed by atoms with Crippen molar-refractivity contribution in [2.45, 2.75) is 45.7 Å². The molecule has 1 aliphatic rings. The lowest BCUT2D eigenvalue weighted by molar-refractivity contribution is -0.119. The summed E-state index contributed by atoms with van der Waals surface area (Å²) in [4.78, 5) is 24.1. The van der Waals surface area contributed by atoms with Gasteiger partial charge in [0.2, 0.25) is 0 Å². The summed E-state index contributed by atoms with van der Waals surface area (Å²) < 4.78 is 13.2. The van der Waals surface area contributed by atoms with Crippen molar-refractivity contribution in [2.24, 2.45) is 17.4 Å². The highest BCUT2D eigenvalue weighted by Gasteiger charge is 2.26. The molecule has 3 rings (SSSR count). The third-order valence-corrected chi connectivity index (χ3v) is 4.76. The number of primary amides is 1. The van der Waals surface area contributed by atoms with E-state index in [0.717, 1.165) is 25.7 Å². The maximum atomic E-state index is 13.1. The third-order valence-electron chi connectivity index (χ3n) is 4.76. The molecule has 1 fully saturated rings. The SMILES string of the molecule is CCCCOc1c(CN)n(CC2CC2)c(=O)c2ccc(OCC(N)=O)cc12.Cl. The van der Waals surface area contributed by atoms with Crippen LogP contribution in [-0.2, 0) is 17.9 Å². The van der Waals surface area contributed by atoms with Gasteiger partial charge in [-0.15, -0.1) is 12.4 Å². The Morgan fingerprint density at radius 3 is 2.61 bits per heavy atom. The lowest BCUT2D eigenvalue weighted by Crippen LogP contribution is -2.27. The van der Waals surface area contributed by atoms with Crippen molar-refractivity contribution in [3.8, 4) is 11.5 Å². The van der Waals surface area contributed by atoms with Crippen molar-refractivity contribution in [3.05, 3.63) is 34.2 Å². The number of fused-ring (bicyclic) bond motifs is 1. The Balaban J connectivity index is 0.00000280. The number of unbranched alkanes of at least 4 members (excludes halogenated alkanes) is 1. The number of ether oxygens (including phenoxy) is 2. The molecule has 1 heterocycles. The Morgan fingerprint density at radius 1 is 1.25 bits per heavy atom. The maximum Gasteiger partial charge on any atom is 0.258 e. The Hall–Kier alpha value is -2.25. The first kappa shape index (κ1) is 22.0. The summed E-state index contributed by atoms with van der Waals surface area (Å²) in [6.07, 6.45) is 4.19. The predicted octanol–water partition coefficient (Wildman–Crippen LogP) is 2.34. The Morgan fingerprint density at radius 2 is 2.00 bits per heavy atom. The predicted molar refractivity (Wildman–Crippen MR) is 111 cm³/mol. The van der Waals surface area contributed by atoms with Crippen LogP contribution in [0.25, 0.3) is 10.8 Å². The molecule has 0 saturated heterocycles. The minimum Gasteiger partial charge on any atom is -0.491 e. The van der Waals surface area contributed by atoms with Crippen LogP contribution >= 0.6 is 12.4 Å². The first-order valence-electron chi connectivity index (χ1n) is 9.48. The van der Waals surface area contributed by atoms with Crippen LogP contribution in [0.15, 0.2) is 23.0 Å². The molecule has 2 aromatic rings. The number of aromatic nitrogens is 1. The zero-order valence-corrected chi connectivity index (χ0v) is 16.9. The summed E-state index contributed by atoms with van der Waals surface area (Å²) in [7, 11) is 0. The molecule has 154 valence electrons. The summed E-state index contributed by atoms with van der Waals surface area (Å²) in [6.45, 7) is 3.30. The Labute approximate surface area is 170 Å². The summed E-state index contributed by atoms with van der Waals surface area (Å²) in [5.74, 6) is 1.07. The van der Waals surface area contributed by atoms with Gasteiger partial charge in [0.15, 0.2) is 6.61 Å². The average molecular weight is 410 g/mol. The fourth-order valence-corrected chi connectivity index (χ4v) is 3.12. The molecule has 1 saturated carbocycles. The smallest absolute Gasteiger partial charge is 0.258 e. The molecule has 1 amide bonds. The lowest BCUT2D eigenvalue weighted by atomic mass is 10.1. The Bertz CT molecular complexity index is 893. The van der Waals surface area contributed by atoms with Gasteiger partial charge in [-0.2, -0.15) is 0 Å². The molecule has 0 unspecified atom stereocenters. The zero-order valence-electron chi connectivity index (χ0n) is 16.1. The number of halogens is 1. The number of nitrogens with two attached hydrogens (primary N) is 2. The third kappa shape index (κ3) is 4.97. The fourth-order valence-electron chi connectivity index (χ4n) is 3.12. The number of amides is 1. The normalized spacial score (nSPS) is 13.2.